The zero-order valence-electron chi connectivity index (χ0n) is 12.7. The molecule has 2 rings (SSSR count). The molecule has 4 nitrogen and oxygen atoms in total. The Hall–Kier alpha value is -1.26. The molecule has 1 fully saturated rings. The van der Waals surface area contributed by atoms with Crippen LogP contribution in [-0.4, -0.2) is 24.6 Å². The van der Waals surface area contributed by atoms with Crippen molar-refractivity contribution in [2.75, 3.05) is 6.54 Å². The number of ether oxygens (including phenoxy) is 1. The van der Waals surface area contributed by atoms with Gasteiger partial charge in [0.15, 0.2) is 6.10 Å². The molecular weight excluding hydrogens is 288 g/mol. The summed E-state index contributed by atoms with van der Waals surface area (Å²) in [5.41, 5.74) is 7.10. The van der Waals surface area contributed by atoms with Gasteiger partial charge in [0.05, 0.1) is 0 Å². The number of rotatable bonds is 7. The van der Waals surface area contributed by atoms with Crippen molar-refractivity contribution in [3.05, 3.63) is 29.8 Å². The first-order valence-corrected chi connectivity index (χ1v) is 7.36. The van der Waals surface area contributed by atoms with E-state index in [9.17, 15) is 4.79 Å². The number of nitrogens with one attached hydrogen (secondary N) is 1. The average Bonchev–Trinajstić information content (AvgIpc) is 3.26. The maximum Gasteiger partial charge on any atom is 0.261 e. The van der Waals surface area contributed by atoms with Gasteiger partial charge in [-0.3, -0.25) is 4.79 Å². The molecule has 1 amide bonds. The number of aryl methyl sites for hydroxylation is 1. The van der Waals surface area contributed by atoms with Crippen LogP contribution < -0.4 is 15.8 Å². The van der Waals surface area contributed by atoms with Crippen LogP contribution in [0.1, 0.15) is 31.7 Å². The van der Waals surface area contributed by atoms with Gasteiger partial charge >= 0.3 is 0 Å². The predicted octanol–water partition coefficient (Wildman–Crippen LogP) is 2.43. The Morgan fingerprint density at radius 2 is 2.19 bits per heavy atom. The van der Waals surface area contributed by atoms with E-state index < -0.39 is 6.10 Å². The van der Waals surface area contributed by atoms with Crippen LogP contribution in [0.2, 0.25) is 0 Å². The summed E-state index contributed by atoms with van der Waals surface area (Å²) in [4.78, 5) is 12.1. The lowest BCUT2D eigenvalue weighted by atomic mass is 10.2. The molecule has 5 heteroatoms. The van der Waals surface area contributed by atoms with Gasteiger partial charge in [-0.15, -0.1) is 12.4 Å². The summed E-state index contributed by atoms with van der Waals surface area (Å²) in [7, 11) is 0. The number of hydrogen-bond donors (Lipinski definition) is 2. The Labute approximate surface area is 132 Å². The molecule has 1 aromatic rings. The summed E-state index contributed by atoms with van der Waals surface area (Å²) in [6, 6.07) is 7.82. The number of benzene rings is 1. The molecule has 0 spiro atoms. The summed E-state index contributed by atoms with van der Waals surface area (Å²) in [5.74, 6) is 1.25. The summed E-state index contributed by atoms with van der Waals surface area (Å²) >= 11 is 0. The number of halogens is 1. The Morgan fingerprint density at radius 1 is 1.48 bits per heavy atom. The summed E-state index contributed by atoms with van der Waals surface area (Å²) in [5, 5.41) is 2.90. The van der Waals surface area contributed by atoms with Crippen molar-refractivity contribution >= 4 is 18.3 Å². The van der Waals surface area contributed by atoms with Crippen LogP contribution >= 0.6 is 12.4 Å². The van der Waals surface area contributed by atoms with Crippen LogP contribution in [0, 0.1) is 12.8 Å². The van der Waals surface area contributed by atoms with Crippen LogP contribution in [-0.2, 0) is 4.79 Å². The molecular formula is C16H25ClN2O2. The van der Waals surface area contributed by atoms with E-state index in [2.05, 4.69) is 5.32 Å². The van der Waals surface area contributed by atoms with Crippen LogP contribution in [0.3, 0.4) is 0 Å². The van der Waals surface area contributed by atoms with Crippen molar-refractivity contribution in [1.82, 2.24) is 5.32 Å². The summed E-state index contributed by atoms with van der Waals surface area (Å²) < 4.78 is 5.76. The van der Waals surface area contributed by atoms with Gasteiger partial charge in [0.1, 0.15) is 5.75 Å². The molecule has 0 aliphatic heterocycles. The van der Waals surface area contributed by atoms with E-state index in [0.717, 1.165) is 11.3 Å². The molecule has 118 valence electrons. The SMILES string of the molecule is CCC(Oc1cccc(C)c1)C(=O)NCC(N)C1CC1.Cl. The lowest BCUT2D eigenvalue weighted by Crippen LogP contribution is -2.44. The molecule has 1 saturated carbocycles. The van der Waals surface area contributed by atoms with Crippen molar-refractivity contribution in [2.24, 2.45) is 11.7 Å². The maximum atomic E-state index is 12.1. The first kappa shape index (κ1) is 17.8. The highest BCUT2D eigenvalue weighted by Crippen LogP contribution is 2.31. The molecule has 2 unspecified atom stereocenters. The highest BCUT2D eigenvalue weighted by atomic mass is 35.5. The third-order valence-electron chi connectivity index (χ3n) is 3.67. The topological polar surface area (TPSA) is 64.3 Å². The van der Waals surface area contributed by atoms with Crippen LogP contribution in [0.5, 0.6) is 5.75 Å². The zero-order valence-corrected chi connectivity index (χ0v) is 13.5. The number of amides is 1. The fourth-order valence-electron chi connectivity index (χ4n) is 2.20. The average molecular weight is 313 g/mol. The number of nitrogens with two attached hydrogens (primary N) is 1. The molecule has 0 bridgehead atoms. The minimum absolute atomic E-state index is 0. The largest absolute Gasteiger partial charge is 0.481 e. The zero-order chi connectivity index (χ0) is 14.5. The molecule has 1 aliphatic carbocycles. The molecule has 21 heavy (non-hydrogen) atoms. The van der Waals surface area contributed by atoms with E-state index in [0.29, 0.717) is 18.9 Å². The van der Waals surface area contributed by atoms with Crippen LogP contribution in [0.4, 0.5) is 0 Å². The van der Waals surface area contributed by atoms with Gasteiger partial charge in [-0.2, -0.15) is 0 Å². The van der Waals surface area contributed by atoms with Crippen LogP contribution in [0.15, 0.2) is 24.3 Å². The van der Waals surface area contributed by atoms with Crippen molar-refractivity contribution in [3.63, 3.8) is 0 Å². The quantitative estimate of drug-likeness (QED) is 0.812. The normalized spacial score (nSPS) is 16.5. The summed E-state index contributed by atoms with van der Waals surface area (Å²) in [6.07, 6.45) is 2.56. The molecule has 1 aromatic carbocycles. The second-order valence-electron chi connectivity index (χ2n) is 5.58. The van der Waals surface area contributed by atoms with E-state index in [1.165, 1.54) is 12.8 Å². The Bertz CT molecular complexity index is 463. The Morgan fingerprint density at radius 3 is 2.76 bits per heavy atom. The van der Waals surface area contributed by atoms with Gasteiger partial charge in [-0.25, -0.2) is 0 Å². The first-order chi connectivity index (χ1) is 9.60. The van der Waals surface area contributed by atoms with E-state index in [1.807, 2.05) is 38.1 Å². The van der Waals surface area contributed by atoms with Gasteiger partial charge in [-0.05, 0) is 49.8 Å². The Kier molecular flexibility index (Phi) is 6.99. The molecule has 1 aliphatic rings. The predicted molar refractivity (Wildman–Crippen MR) is 86.8 cm³/mol. The molecule has 0 radical (unpaired) electrons. The molecule has 0 aromatic heterocycles. The van der Waals surface area contributed by atoms with Crippen molar-refractivity contribution < 1.29 is 9.53 Å². The monoisotopic (exact) mass is 312 g/mol. The molecule has 0 saturated heterocycles. The van der Waals surface area contributed by atoms with E-state index in [1.54, 1.807) is 0 Å². The minimum atomic E-state index is -0.455. The Balaban J connectivity index is 0.00000220. The molecule has 3 N–H and O–H groups in total. The molecule has 0 heterocycles. The molecule has 2 atom stereocenters. The van der Waals surface area contributed by atoms with Gasteiger partial charge < -0.3 is 15.8 Å². The summed E-state index contributed by atoms with van der Waals surface area (Å²) in [6.45, 7) is 4.49. The fraction of sp³-hybridized carbons (Fsp3) is 0.562. The van der Waals surface area contributed by atoms with Gasteiger partial charge in [-0.1, -0.05) is 19.1 Å². The lowest BCUT2D eigenvalue weighted by Gasteiger charge is -2.19. The minimum Gasteiger partial charge on any atom is -0.481 e. The first-order valence-electron chi connectivity index (χ1n) is 7.36. The third-order valence-corrected chi connectivity index (χ3v) is 3.67. The lowest BCUT2D eigenvalue weighted by molar-refractivity contribution is -0.128. The third kappa shape index (κ3) is 5.56. The highest BCUT2D eigenvalue weighted by Gasteiger charge is 2.29. The fourth-order valence-corrected chi connectivity index (χ4v) is 2.20. The number of carbonyl (C=O) groups is 1. The second kappa shape index (κ2) is 8.25. The van der Waals surface area contributed by atoms with E-state index >= 15 is 0 Å². The maximum absolute atomic E-state index is 12.1. The second-order valence-corrected chi connectivity index (χ2v) is 5.58. The standard InChI is InChI=1S/C16H24N2O2.ClH/c1-3-15(20-13-6-4-5-11(2)9-13)16(19)18-10-14(17)12-7-8-12;/h4-6,9,12,14-15H,3,7-8,10,17H2,1-2H3,(H,18,19);1H. The van der Waals surface area contributed by atoms with Crippen LogP contribution in [0.25, 0.3) is 0 Å². The highest BCUT2D eigenvalue weighted by molar-refractivity contribution is 5.85. The number of carbonyl (C=O) groups excluding carboxylic acids is 1. The van der Waals surface area contributed by atoms with Gasteiger partial charge in [0, 0.05) is 12.6 Å². The van der Waals surface area contributed by atoms with Crippen molar-refractivity contribution in [2.45, 2.75) is 45.3 Å². The van der Waals surface area contributed by atoms with Crippen molar-refractivity contribution in [1.29, 1.82) is 0 Å². The van der Waals surface area contributed by atoms with Crippen molar-refractivity contribution in [3.8, 4) is 5.75 Å². The van der Waals surface area contributed by atoms with Gasteiger partial charge in [0.25, 0.3) is 5.91 Å². The smallest absolute Gasteiger partial charge is 0.261 e. The van der Waals surface area contributed by atoms with E-state index in [-0.39, 0.29) is 24.4 Å². The van der Waals surface area contributed by atoms with Gasteiger partial charge in [0.2, 0.25) is 0 Å². The van der Waals surface area contributed by atoms with E-state index in [4.69, 9.17) is 10.5 Å². The number of hydrogen-bond acceptors (Lipinski definition) is 3.